The van der Waals surface area contributed by atoms with Gasteiger partial charge in [0.25, 0.3) is 0 Å². The SMILES string of the molecule is Clc1ccc(OCc2nc3ccccc3s2)c(Br)c1. The Labute approximate surface area is 128 Å². The van der Waals surface area contributed by atoms with E-state index < -0.39 is 0 Å². The zero-order valence-corrected chi connectivity index (χ0v) is 12.9. The first-order chi connectivity index (χ1) is 9.22. The van der Waals surface area contributed by atoms with E-state index in [0.717, 1.165) is 20.7 Å². The number of rotatable bonds is 3. The van der Waals surface area contributed by atoms with E-state index in [9.17, 15) is 0 Å². The summed E-state index contributed by atoms with van der Waals surface area (Å²) >= 11 is 11.0. The van der Waals surface area contributed by atoms with Gasteiger partial charge in [0.1, 0.15) is 17.4 Å². The van der Waals surface area contributed by atoms with E-state index in [1.807, 2.05) is 30.3 Å². The van der Waals surface area contributed by atoms with Crippen LogP contribution in [0.1, 0.15) is 5.01 Å². The lowest BCUT2D eigenvalue weighted by Crippen LogP contribution is -1.95. The molecule has 0 aliphatic heterocycles. The molecule has 0 aliphatic carbocycles. The third kappa shape index (κ3) is 2.91. The van der Waals surface area contributed by atoms with Gasteiger partial charge in [0, 0.05) is 5.02 Å². The van der Waals surface area contributed by atoms with Crippen LogP contribution in [0.25, 0.3) is 10.2 Å². The molecule has 0 spiro atoms. The van der Waals surface area contributed by atoms with Crippen molar-refractivity contribution in [2.24, 2.45) is 0 Å². The van der Waals surface area contributed by atoms with Crippen molar-refractivity contribution < 1.29 is 4.74 Å². The summed E-state index contributed by atoms with van der Waals surface area (Å²) in [5.74, 6) is 0.767. The van der Waals surface area contributed by atoms with E-state index in [4.69, 9.17) is 16.3 Å². The fourth-order valence-electron chi connectivity index (χ4n) is 1.71. The Balaban J connectivity index is 1.78. The molecular formula is C14H9BrClNOS. The number of nitrogens with zero attached hydrogens (tertiary/aromatic N) is 1. The Bertz CT molecular complexity index is 695. The van der Waals surface area contributed by atoms with Crippen molar-refractivity contribution in [3.8, 4) is 5.75 Å². The van der Waals surface area contributed by atoms with E-state index in [2.05, 4.69) is 27.0 Å². The average molecular weight is 355 g/mol. The van der Waals surface area contributed by atoms with E-state index in [-0.39, 0.29) is 0 Å². The molecule has 0 atom stereocenters. The summed E-state index contributed by atoms with van der Waals surface area (Å²) in [7, 11) is 0. The first kappa shape index (κ1) is 12.9. The van der Waals surface area contributed by atoms with Crippen LogP contribution in [0.15, 0.2) is 46.9 Å². The second-order valence-corrected chi connectivity index (χ2v) is 6.34. The van der Waals surface area contributed by atoms with Crippen LogP contribution in [0, 0.1) is 0 Å². The number of thiazole rings is 1. The highest BCUT2D eigenvalue weighted by Gasteiger charge is 2.06. The van der Waals surface area contributed by atoms with E-state index >= 15 is 0 Å². The quantitative estimate of drug-likeness (QED) is 0.637. The number of ether oxygens (including phenoxy) is 1. The van der Waals surface area contributed by atoms with Gasteiger partial charge in [0.05, 0.1) is 14.7 Å². The molecule has 5 heteroatoms. The van der Waals surface area contributed by atoms with E-state index in [1.165, 1.54) is 4.70 Å². The molecule has 19 heavy (non-hydrogen) atoms. The molecule has 1 aromatic heterocycles. The van der Waals surface area contributed by atoms with Gasteiger partial charge >= 0.3 is 0 Å². The minimum absolute atomic E-state index is 0.458. The summed E-state index contributed by atoms with van der Waals surface area (Å²) in [6.07, 6.45) is 0. The number of para-hydroxylation sites is 1. The number of hydrogen-bond donors (Lipinski definition) is 0. The topological polar surface area (TPSA) is 22.1 Å². The normalized spacial score (nSPS) is 10.8. The molecule has 3 aromatic rings. The van der Waals surface area contributed by atoms with Crippen LogP contribution < -0.4 is 4.74 Å². The van der Waals surface area contributed by atoms with Crippen molar-refractivity contribution in [1.82, 2.24) is 4.98 Å². The van der Waals surface area contributed by atoms with Gasteiger partial charge in [0.15, 0.2) is 0 Å². The summed E-state index contributed by atoms with van der Waals surface area (Å²) in [5, 5.41) is 1.64. The Kier molecular flexibility index (Phi) is 3.73. The van der Waals surface area contributed by atoms with Crippen molar-refractivity contribution in [3.63, 3.8) is 0 Å². The summed E-state index contributed by atoms with van der Waals surface area (Å²) in [5.41, 5.74) is 1.02. The lowest BCUT2D eigenvalue weighted by Gasteiger charge is -2.06. The number of hydrogen-bond acceptors (Lipinski definition) is 3. The van der Waals surface area contributed by atoms with Crippen molar-refractivity contribution in [3.05, 3.63) is 57.0 Å². The maximum absolute atomic E-state index is 5.89. The van der Waals surface area contributed by atoms with Gasteiger partial charge in [0.2, 0.25) is 0 Å². The first-order valence-corrected chi connectivity index (χ1v) is 7.63. The zero-order valence-electron chi connectivity index (χ0n) is 9.77. The molecule has 0 N–H and O–H groups in total. The molecule has 2 aromatic carbocycles. The van der Waals surface area contributed by atoms with Crippen LogP contribution >= 0.6 is 38.9 Å². The second-order valence-electron chi connectivity index (χ2n) is 3.94. The van der Waals surface area contributed by atoms with Crippen LogP contribution in [0.4, 0.5) is 0 Å². The molecule has 3 rings (SSSR count). The average Bonchev–Trinajstić information content (AvgIpc) is 2.80. The van der Waals surface area contributed by atoms with Crippen LogP contribution in [-0.2, 0) is 6.61 Å². The van der Waals surface area contributed by atoms with Crippen molar-refractivity contribution in [2.45, 2.75) is 6.61 Å². The van der Waals surface area contributed by atoms with Gasteiger partial charge in [-0.3, -0.25) is 0 Å². The number of fused-ring (bicyclic) bond motifs is 1. The Hall–Kier alpha value is -1.10. The fourth-order valence-corrected chi connectivity index (χ4v) is 3.39. The molecule has 96 valence electrons. The van der Waals surface area contributed by atoms with Gasteiger partial charge in [-0.15, -0.1) is 11.3 Å². The molecule has 0 bridgehead atoms. The number of halogens is 2. The summed E-state index contributed by atoms with van der Waals surface area (Å²) in [4.78, 5) is 4.53. The molecule has 2 nitrogen and oxygen atoms in total. The van der Waals surface area contributed by atoms with E-state index in [0.29, 0.717) is 11.6 Å². The molecular weight excluding hydrogens is 346 g/mol. The highest BCUT2D eigenvalue weighted by Crippen LogP contribution is 2.29. The summed E-state index contributed by atoms with van der Waals surface area (Å²) < 4.78 is 7.78. The molecule has 0 saturated heterocycles. The molecule has 0 amide bonds. The van der Waals surface area contributed by atoms with Gasteiger partial charge in [-0.2, -0.15) is 0 Å². The van der Waals surface area contributed by atoms with Crippen LogP contribution in [0.5, 0.6) is 5.75 Å². The maximum Gasteiger partial charge on any atom is 0.140 e. The van der Waals surface area contributed by atoms with Gasteiger partial charge in [-0.1, -0.05) is 23.7 Å². The van der Waals surface area contributed by atoms with Crippen LogP contribution in [0.2, 0.25) is 5.02 Å². The Morgan fingerprint density at radius 2 is 2.05 bits per heavy atom. The number of benzene rings is 2. The lowest BCUT2D eigenvalue weighted by molar-refractivity contribution is 0.304. The van der Waals surface area contributed by atoms with Gasteiger partial charge in [-0.25, -0.2) is 4.98 Å². The minimum atomic E-state index is 0.458. The molecule has 0 radical (unpaired) electrons. The molecule has 0 unspecified atom stereocenters. The van der Waals surface area contributed by atoms with Gasteiger partial charge < -0.3 is 4.74 Å². The van der Waals surface area contributed by atoms with Crippen LogP contribution in [-0.4, -0.2) is 4.98 Å². The molecule has 0 fully saturated rings. The molecule has 0 saturated carbocycles. The van der Waals surface area contributed by atoms with Gasteiger partial charge in [-0.05, 0) is 46.3 Å². The van der Waals surface area contributed by atoms with Crippen molar-refractivity contribution in [1.29, 1.82) is 0 Å². The fraction of sp³-hybridized carbons (Fsp3) is 0.0714. The smallest absolute Gasteiger partial charge is 0.140 e. The predicted molar refractivity (Wildman–Crippen MR) is 83.1 cm³/mol. The molecule has 1 heterocycles. The van der Waals surface area contributed by atoms with Crippen molar-refractivity contribution >= 4 is 49.1 Å². The molecule has 0 aliphatic rings. The Morgan fingerprint density at radius 3 is 2.84 bits per heavy atom. The van der Waals surface area contributed by atoms with Crippen molar-refractivity contribution in [2.75, 3.05) is 0 Å². The summed E-state index contributed by atoms with van der Waals surface area (Å²) in [6, 6.07) is 13.5. The second kappa shape index (κ2) is 5.49. The standard InChI is InChI=1S/C14H9BrClNOS/c15-10-7-9(16)5-6-12(10)18-8-14-17-11-3-1-2-4-13(11)19-14/h1-7H,8H2. The maximum atomic E-state index is 5.89. The lowest BCUT2D eigenvalue weighted by atomic mass is 10.3. The predicted octanol–water partition coefficient (Wildman–Crippen LogP) is 5.29. The summed E-state index contributed by atoms with van der Waals surface area (Å²) in [6.45, 7) is 0.458. The van der Waals surface area contributed by atoms with E-state index in [1.54, 1.807) is 17.4 Å². The minimum Gasteiger partial charge on any atom is -0.485 e. The highest BCUT2D eigenvalue weighted by molar-refractivity contribution is 9.10. The monoisotopic (exact) mass is 353 g/mol. The third-order valence-corrected chi connectivity index (χ3v) is 4.45. The highest BCUT2D eigenvalue weighted by atomic mass is 79.9. The number of aromatic nitrogens is 1. The Morgan fingerprint density at radius 1 is 1.21 bits per heavy atom. The first-order valence-electron chi connectivity index (χ1n) is 5.65. The zero-order chi connectivity index (χ0) is 13.2. The van der Waals surface area contributed by atoms with Crippen LogP contribution in [0.3, 0.4) is 0 Å². The third-order valence-electron chi connectivity index (χ3n) is 2.58. The largest absolute Gasteiger partial charge is 0.485 e.